The minimum Gasteiger partial charge on any atom is -0.410 e. The van der Waals surface area contributed by atoms with Gasteiger partial charge >= 0.3 is 6.09 Å². The van der Waals surface area contributed by atoms with Crippen molar-refractivity contribution in [1.29, 1.82) is 0 Å². The van der Waals surface area contributed by atoms with Crippen molar-refractivity contribution < 1.29 is 9.53 Å². The maximum absolute atomic E-state index is 11.4. The van der Waals surface area contributed by atoms with Crippen LogP contribution in [0.15, 0.2) is 24.3 Å². The van der Waals surface area contributed by atoms with Gasteiger partial charge in [-0.1, -0.05) is 19.1 Å². The number of carbonyl (C=O) groups is 1. The zero-order valence-electron chi connectivity index (χ0n) is 10.6. The van der Waals surface area contributed by atoms with E-state index in [2.05, 4.69) is 17.6 Å². The molecule has 1 aromatic rings. The molecule has 0 saturated heterocycles. The molecule has 0 spiro atoms. The first-order valence-electron chi connectivity index (χ1n) is 5.90. The second-order valence-electron chi connectivity index (χ2n) is 3.90. The summed E-state index contributed by atoms with van der Waals surface area (Å²) in [6.07, 6.45) is 0.493. The Bertz CT molecular complexity index is 366. The highest BCUT2D eigenvalue weighted by Crippen LogP contribution is 2.18. The molecular formula is C13H20N2O2. The summed E-state index contributed by atoms with van der Waals surface area (Å²) in [6.45, 7) is 4.68. The Morgan fingerprint density at radius 3 is 2.88 bits per heavy atom. The lowest BCUT2D eigenvalue weighted by Crippen LogP contribution is -2.27. The zero-order valence-corrected chi connectivity index (χ0v) is 10.6. The standard InChI is InChI=1S/C13H20N2O2/c1-4-8-15-13(16)17-12-7-5-6-11(9-12)10(2)14-3/h5-7,9-10,14H,4,8H2,1-3H3,(H,15,16). The Kier molecular flexibility index (Phi) is 5.49. The summed E-state index contributed by atoms with van der Waals surface area (Å²) in [5.74, 6) is 0.568. The van der Waals surface area contributed by atoms with Gasteiger partial charge in [-0.2, -0.15) is 0 Å². The van der Waals surface area contributed by atoms with E-state index in [1.165, 1.54) is 0 Å². The van der Waals surface area contributed by atoms with Crippen molar-refractivity contribution in [3.05, 3.63) is 29.8 Å². The van der Waals surface area contributed by atoms with Crippen LogP contribution in [0, 0.1) is 0 Å². The third-order valence-electron chi connectivity index (χ3n) is 2.52. The Labute approximate surface area is 102 Å². The summed E-state index contributed by atoms with van der Waals surface area (Å²) < 4.78 is 5.17. The molecule has 0 aromatic heterocycles. The maximum Gasteiger partial charge on any atom is 0.412 e. The number of amides is 1. The van der Waals surface area contributed by atoms with E-state index in [1.807, 2.05) is 32.2 Å². The van der Waals surface area contributed by atoms with Gasteiger partial charge in [0.25, 0.3) is 0 Å². The van der Waals surface area contributed by atoms with Gasteiger partial charge in [0.2, 0.25) is 0 Å². The minimum atomic E-state index is -0.402. The largest absolute Gasteiger partial charge is 0.412 e. The van der Waals surface area contributed by atoms with Gasteiger partial charge in [-0.05, 0) is 38.1 Å². The van der Waals surface area contributed by atoms with E-state index in [1.54, 1.807) is 6.07 Å². The Morgan fingerprint density at radius 1 is 1.47 bits per heavy atom. The fourth-order valence-corrected chi connectivity index (χ4v) is 1.38. The van der Waals surface area contributed by atoms with E-state index >= 15 is 0 Å². The normalized spacial score (nSPS) is 11.9. The fourth-order valence-electron chi connectivity index (χ4n) is 1.38. The van der Waals surface area contributed by atoms with Crippen molar-refractivity contribution >= 4 is 6.09 Å². The molecule has 4 heteroatoms. The summed E-state index contributed by atoms with van der Waals surface area (Å²) in [5.41, 5.74) is 1.09. The van der Waals surface area contributed by atoms with E-state index in [0.29, 0.717) is 12.3 Å². The molecule has 1 unspecified atom stereocenters. The van der Waals surface area contributed by atoms with E-state index in [0.717, 1.165) is 12.0 Å². The first-order chi connectivity index (χ1) is 8.17. The molecule has 1 atom stereocenters. The van der Waals surface area contributed by atoms with Crippen molar-refractivity contribution in [3.63, 3.8) is 0 Å². The van der Waals surface area contributed by atoms with Crippen LogP contribution in [0.1, 0.15) is 31.9 Å². The Balaban J connectivity index is 2.62. The molecule has 1 aromatic carbocycles. The lowest BCUT2D eigenvalue weighted by Gasteiger charge is -2.12. The molecule has 2 N–H and O–H groups in total. The van der Waals surface area contributed by atoms with E-state index in [4.69, 9.17) is 4.74 Å². The molecule has 0 fully saturated rings. The molecule has 0 aliphatic rings. The molecule has 0 aliphatic carbocycles. The summed E-state index contributed by atoms with van der Waals surface area (Å²) in [7, 11) is 1.89. The lowest BCUT2D eigenvalue weighted by atomic mass is 10.1. The maximum atomic E-state index is 11.4. The van der Waals surface area contributed by atoms with Crippen LogP contribution in [0.3, 0.4) is 0 Å². The number of hydrogen-bond acceptors (Lipinski definition) is 3. The molecule has 4 nitrogen and oxygen atoms in total. The molecule has 94 valence electrons. The van der Waals surface area contributed by atoms with Crippen LogP contribution in [0.25, 0.3) is 0 Å². The average molecular weight is 236 g/mol. The van der Waals surface area contributed by atoms with Crippen LogP contribution in [0.2, 0.25) is 0 Å². The van der Waals surface area contributed by atoms with E-state index < -0.39 is 6.09 Å². The molecular weight excluding hydrogens is 216 g/mol. The van der Waals surface area contributed by atoms with Gasteiger partial charge in [-0.25, -0.2) is 4.79 Å². The molecule has 1 rings (SSSR count). The van der Waals surface area contributed by atoms with E-state index in [-0.39, 0.29) is 6.04 Å². The molecule has 1 amide bonds. The van der Waals surface area contributed by atoms with Crippen LogP contribution < -0.4 is 15.4 Å². The van der Waals surface area contributed by atoms with Gasteiger partial charge in [0.05, 0.1) is 0 Å². The third kappa shape index (κ3) is 4.44. The summed E-state index contributed by atoms with van der Waals surface area (Å²) >= 11 is 0. The first-order valence-corrected chi connectivity index (χ1v) is 5.90. The van der Waals surface area contributed by atoms with Crippen LogP contribution in [-0.2, 0) is 0 Å². The number of rotatable bonds is 5. The Hall–Kier alpha value is -1.55. The molecule has 0 radical (unpaired) electrons. The second kappa shape index (κ2) is 6.91. The van der Waals surface area contributed by atoms with Gasteiger partial charge in [-0.3, -0.25) is 0 Å². The highest BCUT2D eigenvalue weighted by Gasteiger charge is 2.06. The monoisotopic (exact) mass is 236 g/mol. The minimum absolute atomic E-state index is 0.234. The first kappa shape index (κ1) is 13.5. The zero-order chi connectivity index (χ0) is 12.7. The molecule has 0 aliphatic heterocycles. The summed E-state index contributed by atoms with van der Waals surface area (Å²) in [5, 5.41) is 5.81. The van der Waals surface area contributed by atoms with Crippen LogP contribution >= 0.6 is 0 Å². The number of benzene rings is 1. The predicted molar refractivity (Wildman–Crippen MR) is 68.2 cm³/mol. The number of carbonyl (C=O) groups excluding carboxylic acids is 1. The summed E-state index contributed by atoms with van der Waals surface area (Å²) in [6, 6.07) is 7.76. The van der Waals surface area contributed by atoms with Crippen molar-refractivity contribution in [2.45, 2.75) is 26.3 Å². The number of nitrogens with one attached hydrogen (secondary N) is 2. The van der Waals surface area contributed by atoms with Gasteiger partial charge in [0, 0.05) is 12.6 Å². The molecule has 0 bridgehead atoms. The quantitative estimate of drug-likeness (QED) is 0.825. The Morgan fingerprint density at radius 2 is 2.24 bits per heavy atom. The topological polar surface area (TPSA) is 50.4 Å². The van der Waals surface area contributed by atoms with Crippen molar-refractivity contribution in [1.82, 2.24) is 10.6 Å². The van der Waals surface area contributed by atoms with E-state index in [9.17, 15) is 4.79 Å². The molecule has 0 saturated carbocycles. The van der Waals surface area contributed by atoms with Crippen molar-refractivity contribution in [2.24, 2.45) is 0 Å². The lowest BCUT2D eigenvalue weighted by molar-refractivity contribution is 0.200. The van der Waals surface area contributed by atoms with Crippen LogP contribution in [0.4, 0.5) is 4.79 Å². The van der Waals surface area contributed by atoms with Gasteiger partial charge < -0.3 is 15.4 Å². The van der Waals surface area contributed by atoms with Gasteiger partial charge in [0.1, 0.15) is 5.75 Å². The van der Waals surface area contributed by atoms with Gasteiger partial charge in [-0.15, -0.1) is 0 Å². The highest BCUT2D eigenvalue weighted by molar-refractivity contribution is 5.70. The fraction of sp³-hybridized carbons (Fsp3) is 0.462. The van der Waals surface area contributed by atoms with Crippen molar-refractivity contribution in [3.8, 4) is 5.75 Å². The number of ether oxygens (including phenoxy) is 1. The average Bonchev–Trinajstić information content (AvgIpc) is 2.35. The van der Waals surface area contributed by atoms with Gasteiger partial charge in [0.15, 0.2) is 0 Å². The highest BCUT2D eigenvalue weighted by atomic mass is 16.5. The van der Waals surface area contributed by atoms with Crippen molar-refractivity contribution in [2.75, 3.05) is 13.6 Å². The smallest absolute Gasteiger partial charge is 0.410 e. The molecule has 0 heterocycles. The van der Waals surface area contributed by atoms with Crippen LogP contribution in [0.5, 0.6) is 5.75 Å². The molecule has 17 heavy (non-hydrogen) atoms. The summed E-state index contributed by atoms with van der Waals surface area (Å²) in [4.78, 5) is 11.4. The third-order valence-corrected chi connectivity index (χ3v) is 2.52. The predicted octanol–water partition coefficient (Wildman–Crippen LogP) is 2.47. The SMILES string of the molecule is CCCNC(=O)Oc1cccc(C(C)NC)c1. The second-order valence-corrected chi connectivity index (χ2v) is 3.90. The van der Waals surface area contributed by atoms with Crippen LogP contribution in [-0.4, -0.2) is 19.7 Å². The number of hydrogen-bond donors (Lipinski definition) is 2.